The number of hydrogen-bond donors (Lipinski definition) is 1. The smallest absolute Gasteiger partial charge is 0.261 e. The van der Waals surface area contributed by atoms with Gasteiger partial charge in [-0.3, -0.25) is 0 Å². The van der Waals surface area contributed by atoms with E-state index >= 15 is 0 Å². The Labute approximate surface area is 79.5 Å². The normalized spacial score (nSPS) is 11.5. The van der Waals surface area contributed by atoms with E-state index in [9.17, 15) is 8.42 Å². The maximum absolute atomic E-state index is 10.8. The second kappa shape index (κ2) is 3.12. The molecule has 0 atom stereocenters. The second-order valence-corrected chi connectivity index (χ2v) is 5.16. The van der Waals surface area contributed by atoms with Gasteiger partial charge in [-0.05, 0) is 18.2 Å². The molecule has 0 amide bonds. The predicted molar refractivity (Wildman–Crippen MR) is 48.9 cm³/mol. The number of nitrogens with two attached hydrogens (primary N) is 1. The van der Waals surface area contributed by atoms with Gasteiger partial charge < -0.3 is 5.73 Å². The van der Waals surface area contributed by atoms with E-state index < -0.39 is 9.05 Å². The van der Waals surface area contributed by atoms with Crippen molar-refractivity contribution in [3.8, 4) is 0 Å². The summed E-state index contributed by atoms with van der Waals surface area (Å²) in [6, 6.07) is 3.92. The Morgan fingerprint density at radius 1 is 1.25 bits per heavy atom. The molecule has 66 valence electrons. The molecule has 0 aliphatic rings. The molecule has 0 bridgehead atoms. The van der Waals surface area contributed by atoms with Crippen molar-refractivity contribution in [2.24, 2.45) is 0 Å². The molecule has 1 aromatic carbocycles. The summed E-state index contributed by atoms with van der Waals surface area (Å²) in [5.41, 5.74) is 5.61. The van der Waals surface area contributed by atoms with Crippen LogP contribution in [0.2, 0.25) is 5.02 Å². The van der Waals surface area contributed by atoms with E-state index in [1.54, 1.807) is 0 Å². The van der Waals surface area contributed by atoms with Gasteiger partial charge in [-0.25, -0.2) is 8.42 Å². The average molecular weight is 226 g/mol. The highest BCUT2D eigenvalue weighted by Gasteiger charge is 2.10. The van der Waals surface area contributed by atoms with Gasteiger partial charge in [0.2, 0.25) is 0 Å². The molecule has 0 aliphatic heterocycles. The fourth-order valence-corrected chi connectivity index (χ4v) is 1.85. The molecule has 0 radical (unpaired) electrons. The van der Waals surface area contributed by atoms with E-state index in [1.807, 2.05) is 0 Å². The van der Waals surface area contributed by atoms with Crippen LogP contribution in [0.25, 0.3) is 0 Å². The van der Waals surface area contributed by atoms with Crippen molar-refractivity contribution < 1.29 is 8.42 Å². The van der Waals surface area contributed by atoms with Crippen molar-refractivity contribution in [3.05, 3.63) is 23.2 Å². The van der Waals surface area contributed by atoms with Crippen LogP contribution in [0, 0.1) is 0 Å². The first-order valence-electron chi connectivity index (χ1n) is 2.90. The Hall–Kier alpha value is -0.450. The molecule has 6 heteroatoms. The molecule has 0 heterocycles. The quantitative estimate of drug-likeness (QED) is 0.587. The molecule has 0 saturated carbocycles. The van der Waals surface area contributed by atoms with Crippen LogP contribution in [0.3, 0.4) is 0 Å². The van der Waals surface area contributed by atoms with Crippen LogP contribution in [0.4, 0.5) is 5.69 Å². The Morgan fingerprint density at radius 2 is 1.83 bits per heavy atom. The number of anilines is 1. The highest BCUT2D eigenvalue weighted by atomic mass is 35.7. The van der Waals surface area contributed by atoms with E-state index in [1.165, 1.54) is 18.2 Å². The largest absolute Gasteiger partial charge is 0.399 e. The van der Waals surface area contributed by atoms with Crippen molar-refractivity contribution in [2.75, 3.05) is 5.73 Å². The third-order valence-corrected chi connectivity index (χ3v) is 2.73. The highest BCUT2D eigenvalue weighted by molar-refractivity contribution is 8.13. The van der Waals surface area contributed by atoms with Gasteiger partial charge in [-0.2, -0.15) is 0 Å². The minimum Gasteiger partial charge on any atom is -0.399 e. The van der Waals surface area contributed by atoms with Crippen molar-refractivity contribution in [1.29, 1.82) is 0 Å². The zero-order chi connectivity index (χ0) is 9.35. The lowest BCUT2D eigenvalue weighted by atomic mass is 10.3. The molecule has 0 unspecified atom stereocenters. The maximum atomic E-state index is 10.8. The van der Waals surface area contributed by atoms with Crippen molar-refractivity contribution in [2.45, 2.75) is 4.90 Å². The summed E-state index contributed by atoms with van der Waals surface area (Å²) in [5, 5.41) is 0.245. The molecular weight excluding hydrogens is 221 g/mol. The van der Waals surface area contributed by atoms with Gasteiger partial charge in [0.05, 0.1) is 4.90 Å². The van der Waals surface area contributed by atoms with Crippen LogP contribution >= 0.6 is 22.3 Å². The summed E-state index contributed by atoms with van der Waals surface area (Å²) in [4.78, 5) is -0.0887. The summed E-state index contributed by atoms with van der Waals surface area (Å²) in [6.07, 6.45) is 0. The molecule has 0 aliphatic carbocycles. The Bertz CT molecular complexity index is 382. The number of hydrogen-bond acceptors (Lipinski definition) is 3. The molecule has 3 nitrogen and oxygen atoms in total. The first-order chi connectivity index (χ1) is 5.39. The van der Waals surface area contributed by atoms with Gasteiger partial charge in [-0.15, -0.1) is 0 Å². The van der Waals surface area contributed by atoms with Crippen molar-refractivity contribution in [3.63, 3.8) is 0 Å². The molecule has 0 saturated heterocycles. The van der Waals surface area contributed by atoms with Gasteiger partial charge in [-0.1, -0.05) is 11.6 Å². The van der Waals surface area contributed by atoms with Crippen LogP contribution in [-0.2, 0) is 9.05 Å². The molecule has 1 aromatic rings. The maximum Gasteiger partial charge on any atom is 0.261 e. The number of rotatable bonds is 1. The van der Waals surface area contributed by atoms with Crippen molar-refractivity contribution in [1.82, 2.24) is 0 Å². The zero-order valence-electron chi connectivity index (χ0n) is 5.79. The number of nitrogen functional groups attached to an aromatic ring is 1. The summed E-state index contributed by atoms with van der Waals surface area (Å²) in [5.74, 6) is 0. The van der Waals surface area contributed by atoms with E-state index in [0.29, 0.717) is 0 Å². The first kappa shape index (κ1) is 9.64. The molecule has 0 spiro atoms. The molecule has 1 rings (SSSR count). The molecular formula is C6H5Cl2NO2S. The summed E-state index contributed by atoms with van der Waals surface area (Å²) in [7, 11) is 1.32. The fourth-order valence-electron chi connectivity index (χ4n) is 0.725. The minimum absolute atomic E-state index is 0.0887. The van der Waals surface area contributed by atoms with Gasteiger partial charge in [0.25, 0.3) is 9.05 Å². The van der Waals surface area contributed by atoms with E-state index in [0.717, 1.165) is 0 Å². The van der Waals surface area contributed by atoms with Crippen LogP contribution in [-0.4, -0.2) is 8.42 Å². The van der Waals surface area contributed by atoms with Gasteiger partial charge >= 0.3 is 0 Å². The van der Waals surface area contributed by atoms with Crippen LogP contribution in [0.5, 0.6) is 0 Å². The first-order valence-corrected chi connectivity index (χ1v) is 5.59. The van der Waals surface area contributed by atoms with E-state index in [-0.39, 0.29) is 15.6 Å². The fraction of sp³-hybridized carbons (Fsp3) is 0. The third-order valence-electron chi connectivity index (χ3n) is 1.18. The summed E-state index contributed by atoms with van der Waals surface area (Å²) < 4.78 is 21.6. The molecule has 0 aromatic heterocycles. The van der Waals surface area contributed by atoms with Gasteiger partial charge in [0, 0.05) is 21.4 Å². The Morgan fingerprint density at radius 3 is 2.25 bits per heavy atom. The highest BCUT2D eigenvalue weighted by Crippen LogP contribution is 2.22. The second-order valence-electron chi connectivity index (χ2n) is 2.16. The van der Waals surface area contributed by atoms with Crippen molar-refractivity contribution >= 4 is 37.0 Å². The summed E-state index contributed by atoms with van der Waals surface area (Å²) >= 11 is 5.55. The molecule has 12 heavy (non-hydrogen) atoms. The SMILES string of the molecule is Nc1cc(Cl)cc(S(=O)(=O)Cl)c1. The lowest BCUT2D eigenvalue weighted by molar-refractivity contribution is 0.609. The lowest BCUT2D eigenvalue weighted by Crippen LogP contribution is -1.93. The third kappa shape index (κ3) is 2.27. The summed E-state index contributed by atoms with van der Waals surface area (Å²) in [6.45, 7) is 0. The molecule has 0 fully saturated rings. The molecule has 2 N–H and O–H groups in total. The van der Waals surface area contributed by atoms with Gasteiger partial charge in [0.1, 0.15) is 0 Å². The number of benzene rings is 1. The Kier molecular flexibility index (Phi) is 2.51. The topological polar surface area (TPSA) is 60.2 Å². The van der Waals surface area contributed by atoms with E-state index in [4.69, 9.17) is 28.0 Å². The monoisotopic (exact) mass is 225 g/mol. The predicted octanol–water partition coefficient (Wildman–Crippen LogP) is 1.85. The van der Waals surface area contributed by atoms with Crippen LogP contribution < -0.4 is 5.73 Å². The zero-order valence-corrected chi connectivity index (χ0v) is 8.12. The average Bonchev–Trinajstić information content (AvgIpc) is 1.82. The van der Waals surface area contributed by atoms with E-state index in [2.05, 4.69) is 0 Å². The number of halogens is 2. The lowest BCUT2D eigenvalue weighted by Gasteiger charge is -1.98. The van der Waals surface area contributed by atoms with Gasteiger partial charge in [0.15, 0.2) is 0 Å². The standard InChI is InChI=1S/C6H5Cl2NO2S/c7-4-1-5(9)3-6(2-4)12(8,10)11/h1-3H,9H2. The van der Waals surface area contributed by atoms with Crippen LogP contribution in [0.15, 0.2) is 23.1 Å². The minimum atomic E-state index is -3.74. The van der Waals surface area contributed by atoms with Crippen LogP contribution in [0.1, 0.15) is 0 Å². The Balaban J connectivity index is 3.37.